The monoisotopic (exact) mass is 296 g/mol. The number of esters is 1. The lowest BCUT2D eigenvalue weighted by Crippen LogP contribution is -2.45. The molecule has 0 bridgehead atoms. The molecule has 20 heavy (non-hydrogen) atoms. The van der Waals surface area contributed by atoms with Gasteiger partial charge in [-0.05, 0) is 38.1 Å². The van der Waals surface area contributed by atoms with Crippen LogP contribution in [0.2, 0.25) is 0 Å². The Balaban J connectivity index is 1.77. The second-order valence-electron chi connectivity index (χ2n) is 5.23. The normalized spacial score (nSPS) is 20.0. The Morgan fingerprint density at radius 1 is 1.50 bits per heavy atom. The zero-order chi connectivity index (χ0) is 14.4. The van der Waals surface area contributed by atoms with Crippen molar-refractivity contribution in [1.82, 2.24) is 10.2 Å². The maximum Gasteiger partial charge on any atom is 0.310 e. The Labute approximate surface area is 125 Å². The number of nitrogens with one attached hydrogen (secondary N) is 1. The maximum absolute atomic E-state index is 11.2. The number of ether oxygens (including phenoxy) is 1. The lowest BCUT2D eigenvalue weighted by Gasteiger charge is -2.32. The van der Waals surface area contributed by atoms with Gasteiger partial charge in [0.25, 0.3) is 0 Å². The van der Waals surface area contributed by atoms with Gasteiger partial charge in [-0.2, -0.15) is 0 Å². The molecule has 4 nitrogen and oxygen atoms in total. The topological polar surface area (TPSA) is 41.6 Å². The molecule has 1 aromatic rings. The predicted octanol–water partition coefficient (Wildman–Crippen LogP) is 2.04. The second kappa shape index (κ2) is 7.76. The lowest BCUT2D eigenvalue weighted by molar-refractivity contribution is -0.139. The van der Waals surface area contributed by atoms with Crippen LogP contribution in [0, 0.1) is 0 Å². The molecule has 1 fully saturated rings. The fraction of sp³-hybridized carbons (Fsp3) is 0.667. The smallest absolute Gasteiger partial charge is 0.310 e. The number of carbonyl (C=O) groups excluding carboxylic acids is 1. The zero-order valence-electron chi connectivity index (χ0n) is 12.4. The van der Waals surface area contributed by atoms with E-state index in [1.165, 1.54) is 31.4 Å². The van der Waals surface area contributed by atoms with Crippen molar-refractivity contribution in [2.45, 2.75) is 38.8 Å². The van der Waals surface area contributed by atoms with Crippen molar-refractivity contribution >= 4 is 17.3 Å². The highest BCUT2D eigenvalue weighted by Crippen LogP contribution is 2.18. The summed E-state index contributed by atoms with van der Waals surface area (Å²) in [5.41, 5.74) is 0. The molecule has 0 spiro atoms. The number of methoxy groups -OCH3 is 1. The molecule has 1 unspecified atom stereocenters. The molecule has 0 aliphatic carbocycles. The summed E-state index contributed by atoms with van der Waals surface area (Å²) >= 11 is 1.69. The fourth-order valence-corrected chi connectivity index (χ4v) is 3.54. The molecule has 0 radical (unpaired) electrons. The number of likely N-dealkylation sites (tertiary alicyclic amines) is 1. The van der Waals surface area contributed by atoms with E-state index >= 15 is 0 Å². The molecule has 0 amide bonds. The van der Waals surface area contributed by atoms with Crippen LogP contribution in [0.5, 0.6) is 0 Å². The minimum Gasteiger partial charge on any atom is -0.469 e. The van der Waals surface area contributed by atoms with E-state index < -0.39 is 0 Å². The van der Waals surface area contributed by atoms with Crippen molar-refractivity contribution in [3.05, 3.63) is 21.9 Å². The van der Waals surface area contributed by atoms with Crippen LogP contribution in [0.15, 0.2) is 12.1 Å². The third-order valence-corrected chi connectivity index (χ3v) is 4.87. The van der Waals surface area contributed by atoms with Gasteiger partial charge in [-0.1, -0.05) is 6.92 Å². The van der Waals surface area contributed by atoms with E-state index in [2.05, 4.69) is 27.9 Å². The van der Waals surface area contributed by atoms with Crippen molar-refractivity contribution in [1.29, 1.82) is 0 Å². The van der Waals surface area contributed by atoms with E-state index in [1.54, 1.807) is 11.3 Å². The number of rotatable bonds is 6. The summed E-state index contributed by atoms with van der Waals surface area (Å²) in [5, 5.41) is 3.64. The van der Waals surface area contributed by atoms with Gasteiger partial charge in [-0.25, -0.2) is 0 Å². The quantitative estimate of drug-likeness (QED) is 0.816. The number of hydrogen-bond donors (Lipinski definition) is 1. The Morgan fingerprint density at radius 3 is 3.05 bits per heavy atom. The summed E-state index contributed by atoms with van der Waals surface area (Å²) in [4.78, 5) is 16.1. The molecule has 112 valence electrons. The van der Waals surface area contributed by atoms with Crippen molar-refractivity contribution < 1.29 is 9.53 Å². The van der Waals surface area contributed by atoms with Crippen LogP contribution in [0.25, 0.3) is 0 Å². The number of carbonyl (C=O) groups is 1. The van der Waals surface area contributed by atoms with Gasteiger partial charge in [-0.15, -0.1) is 11.3 Å². The molecule has 5 heteroatoms. The van der Waals surface area contributed by atoms with Gasteiger partial charge in [0.05, 0.1) is 13.5 Å². The number of likely N-dealkylation sites (N-methyl/N-ethyl adjacent to an activating group) is 1. The first-order chi connectivity index (χ1) is 9.71. The largest absolute Gasteiger partial charge is 0.469 e. The number of hydrogen-bond acceptors (Lipinski definition) is 5. The van der Waals surface area contributed by atoms with Gasteiger partial charge in [0, 0.05) is 28.9 Å². The molecule has 2 rings (SSSR count). The van der Waals surface area contributed by atoms with Crippen LogP contribution in [0.1, 0.15) is 29.5 Å². The third kappa shape index (κ3) is 4.58. The van der Waals surface area contributed by atoms with Gasteiger partial charge >= 0.3 is 5.97 Å². The first-order valence-corrected chi connectivity index (χ1v) is 8.13. The molecule has 0 aromatic carbocycles. The van der Waals surface area contributed by atoms with E-state index in [0.717, 1.165) is 24.5 Å². The predicted molar refractivity (Wildman–Crippen MR) is 82.0 cm³/mol. The van der Waals surface area contributed by atoms with E-state index in [0.29, 0.717) is 12.5 Å². The Morgan fingerprint density at radius 2 is 2.30 bits per heavy atom. The molecule has 1 aliphatic rings. The van der Waals surface area contributed by atoms with Crippen molar-refractivity contribution in [3.8, 4) is 0 Å². The molecular weight excluding hydrogens is 272 g/mol. The SMILES string of the molecule is CCN1CCCC(NCc2ccc(CC(=O)OC)s2)C1. The number of thiophene rings is 1. The van der Waals surface area contributed by atoms with Gasteiger partial charge in [0.2, 0.25) is 0 Å². The first-order valence-electron chi connectivity index (χ1n) is 7.31. The Kier molecular flexibility index (Phi) is 6.01. The van der Waals surface area contributed by atoms with Gasteiger partial charge in [0.1, 0.15) is 0 Å². The fourth-order valence-electron chi connectivity index (χ4n) is 2.58. The molecular formula is C15H24N2O2S. The van der Waals surface area contributed by atoms with Crippen LogP contribution < -0.4 is 5.32 Å². The standard InChI is InChI=1S/C15H24N2O2S/c1-3-17-8-4-5-12(11-17)16-10-14-7-6-13(20-14)9-15(18)19-2/h6-7,12,16H,3-5,8-11H2,1-2H3. The maximum atomic E-state index is 11.2. The second-order valence-corrected chi connectivity index (χ2v) is 6.49. The summed E-state index contributed by atoms with van der Waals surface area (Å²) in [5.74, 6) is -0.169. The van der Waals surface area contributed by atoms with Crippen molar-refractivity contribution in [2.75, 3.05) is 26.7 Å². The summed E-state index contributed by atoms with van der Waals surface area (Å²) in [7, 11) is 1.43. The van der Waals surface area contributed by atoms with E-state index in [1.807, 2.05) is 6.07 Å². The lowest BCUT2D eigenvalue weighted by atomic mass is 10.1. The molecule has 1 saturated heterocycles. The molecule has 1 aliphatic heterocycles. The molecule has 0 saturated carbocycles. The van der Waals surface area contributed by atoms with Crippen molar-refractivity contribution in [3.63, 3.8) is 0 Å². The van der Waals surface area contributed by atoms with E-state index in [4.69, 9.17) is 0 Å². The van der Waals surface area contributed by atoms with E-state index in [9.17, 15) is 4.79 Å². The highest BCUT2D eigenvalue weighted by molar-refractivity contribution is 7.12. The minimum atomic E-state index is -0.169. The number of nitrogens with zero attached hydrogens (tertiary/aromatic N) is 1. The summed E-state index contributed by atoms with van der Waals surface area (Å²) in [6.45, 7) is 6.64. The highest BCUT2D eigenvalue weighted by atomic mass is 32.1. The Hall–Kier alpha value is -0.910. The van der Waals surface area contributed by atoms with Crippen LogP contribution in [-0.2, 0) is 22.5 Å². The van der Waals surface area contributed by atoms with E-state index in [-0.39, 0.29) is 5.97 Å². The van der Waals surface area contributed by atoms with Crippen LogP contribution in [0.3, 0.4) is 0 Å². The summed E-state index contributed by atoms with van der Waals surface area (Å²) < 4.78 is 4.69. The minimum absolute atomic E-state index is 0.169. The number of piperidine rings is 1. The average Bonchev–Trinajstić information content (AvgIpc) is 2.92. The Bertz CT molecular complexity index is 433. The molecule has 1 atom stereocenters. The molecule has 1 aromatic heterocycles. The van der Waals surface area contributed by atoms with Crippen LogP contribution in [-0.4, -0.2) is 43.7 Å². The summed E-state index contributed by atoms with van der Waals surface area (Å²) in [6, 6.07) is 4.73. The van der Waals surface area contributed by atoms with Gasteiger partial charge in [0.15, 0.2) is 0 Å². The highest BCUT2D eigenvalue weighted by Gasteiger charge is 2.18. The average molecular weight is 296 g/mol. The van der Waals surface area contributed by atoms with Gasteiger partial charge < -0.3 is 15.0 Å². The molecule has 2 heterocycles. The summed E-state index contributed by atoms with van der Waals surface area (Å²) in [6.07, 6.45) is 2.93. The first kappa shape index (κ1) is 15.5. The third-order valence-electron chi connectivity index (χ3n) is 3.78. The van der Waals surface area contributed by atoms with Gasteiger partial charge in [-0.3, -0.25) is 4.79 Å². The molecule has 1 N–H and O–H groups in total. The van der Waals surface area contributed by atoms with Crippen LogP contribution >= 0.6 is 11.3 Å². The van der Waals surface area contributed by atoms with Crippen molar-refractivity contribution in [2.24, 2.45) is 0 Å². The zero-order valence-corrected chi connectivity index (χ0v) is 13.2. The van der Waals surface area contributed by atoms with Crippen LogP contribution in [0.4, 0.5) is 0 Å².